The first-order chi connectivity index (χ1) is 16.0. The third kappa shape index (κ3) is 5.41. The summed E-state index contributed by atoms with van der Waals surface area (Å²) in [5.41, 5.74) is -1.84. The number of aliphatic hydroxyl groups is 2. The smallest absolute Gasteiger partial charge is 0.330 e. The maximum atomic E-state index is 13.6. The molecule has 4 N–H and O–H groups in total. The highest BCUT2D eigenvalue weighted by Crippen LogP contribution is 2.30. The number of alkyl halides is 2. The molecule has 2 aliphatic rings. The molecule has 0 radical (unpaired) electrons. The molecule has 0 spiro atoms. The molecule has 0 aromatic carbocycles. The van der Waals surface area contributed by atoms with Crippen molar-refractivity contribution in [3.8, 4) is 0 Å². The Kier molecular flexibility index (Phi) is 7.97. The molecule has 2 aromatic heterocycles. The van der Waals surface area contributed by atoms with E-state index in [-0.39, 0.29) is 26.1 Å². The van der Waals surface area contributed by atoms with Gasteiger partial charge >= 0.3 is 11.4 Å². The minimum absolute atomic E-state index is 0.0335. The van der Waals surface area contributed by atoms with Crippen LogP contribution in [0.2, 0.25) is 0 Å². The van der Waals surface area contributed by atoms with Gasteiger partial charge in [0.25, 0.3) is 11.1 Å². The maximum Gasteiger partial charge on any atom is 0.330 e. The average molecular weight is 488 g/mol. The molecule has 0 bridgehead atoms. The Bertz CT molecular complexity index is 1140. The van der Waals surface area contributed by atoms with Gasteiger partial charge in [-0.3, -0.25) is 28.7 Å². The summed E-state index contributed by atoms with van der Waals surface area (Å²) in [4.78, 5) is 49.5. The lowest BCUT2D eigenvalue weighted by Crippen LogP contribution is -2.35. The third-order valence-electron chi connectivity index (χ3n) is 5.51. The van der Waals surface area contributed by atoms with Crippen molar-refractivity contribution in [1.82, 2.24) is 19.1 Å². The molecule has 14 heteroatoms. The fourth-order valence-corrected chi connectivity index (χ4v) is 3.68. The summed E-state index contributed by atoms with van der Waals surface area (Å²) in [6.45, 7) is 2.43. The highest BCUT2D eigenvalue weighted by Gasteiger charge is 2.38. The Morgan fingerprint density at radius 2 is 1.18 bits per heavy atom. The minimum atomic E-state index is -1.38. The third-order valence-corrected chi connectivity index (χ3v) is 5.51. The molecule has 2 saturated heterocycles. The van der Waals surface area contributed by atoms with Gasteiger partial charge in [0.05, 0.1) is 25.4 Å². The number of aliphatic hydroxyl groups excluding tert-OH is 2. The SMILES string of the molecule is Cc1cn([C@@H]2O[C@H](CO)C[C@H]2F)c(=O)[nH]c1=O.Cc1cn([C@@H]2O[C@H](CO)C[C@H]2F)c(=O)[nH]c1=O. The molecule has 2 fully saturated rings. The topological polar surface area (TPSA) is 169 Å². The molecule has 4 rings (SSSR count). The van der Waals surface area contributed by atoms with Crippen LogP contribution < -0.4 is 22.5 Å². The second-order valence-electron chi connectivity index (χ2n) is 8.12. The number of rotatable bonds is 4. The van der Waals surface area contributed by atoms with Crippen LogP contribution in [-0.2, 0) is 9.47 Å². The molecule has 2 aliphatic heterocycles. The predicted octanol–water partition coefficient (Wildman–Crippen LogP) is -1.07. The normalized spacial score (nSPS) is 28.5. The molecule has 0 saturated carbocycles. The molecule has 6 atom stereocenters. The van der Waals surface area contributed by atoms with E-state index < -0.39 is 59.5 Å². The van der Waals surface area contributed by atoms with E-state index >= 15 is 0 Å². The monoisotopic (exact) mass is 488 g/mol. The van der Waals surface area contributed by atoms with Crippen LogP contribution in [0.15, 0.2) is 31.6 Å². The number of hydrogen-bond acceptors (Lipinski definition) is 8. The van der Waals surface area contributed by atoms with Gasteiger partial charge < -0.3 is 19.7 Å². The summed E-state index contributed by atoms with van der Waals surface area (Å²) < 4.78 is 39.7. The number of nitrogens with one attached hydrogen (secondary N) is 2. The molecule has 2 aromatic rings. The molecule has 188 valence electrons. The quantitative estimate of drug-likeness (QED) is 0.422. The number of aromatic nitrogens is 4. The van der Waals surface area contributed by atoms with Crippen LogP contribution in [0.1, 0.15) is 36.4 Å². The zero-order chi connectivity index (χ0) is 25.2. The molecule has 12 nitrogen and oxygen atoms in total. The summed E-state index contributed by atoms with van der Waals surface area (Å²) >= 11 is 0. The van der Waals surface area contributed by atoms with Crippen LogP contribution in [0.25, 0.3) is 0 Å². The van der Waals surface area contributed by atoms with Crippen molar-refractivity contribution < 1.29 is 28.5 Å². The maximum absolute atomic E-state index is 13.6. The van der Waals surface area contributed by atoms with Crippen molar-refractivity contribution in [3.05, 3.63) is 65.2 Å². The van der Waals surface area contributed by atoms with Crippen LogP contribution in [0, 0.1) is 13.8 Å². The largest absolute Gasteiger partial charge is 0.394 e. The lowest BCUT2D eigenvalue weighted by molar-refractivity contribution is -0.0395. The highest BCUT2D eigenvalue weighted by atomic mass is 19.1. The second-order valence-corrected chi connectivity index (χ2v) is 8.12. The lowest BCUT2D eigenvalue weighted by atomic mass is 10.2. The van der Waals surface area contributed by atoms with E-state index in [0.29, 0.717) is 11.1 Å². The highest BCUT2D eigenvalue weighted by molar-refractivity contribution is 5.03. The van der Waals surface area contributed by atoms with Gasteiger partial charge in [0.15, 0.2) is 12.5 Å². The Morgan fingerprint density at radius 3 is 1.47 bits per heavy atom. The van der Waals surface area contributed by atoms with Crippen molar-refractivity contribution >= 4 is 0 Å². The average Bonchev–Trinajstić information content (AvgIpc) is 3.35. The fourth-order valence-electron chi connectivity index (χ4n) is 3.68. The van der Waals surface area contributed by atoms with Crippen LogP contribution in [0.3, 0.4) is 0 Å². The van der Waals surface area contributed by atoms with Crippen molar-refractivity contribution in [2.45, 2.75) is 63.7 Å². The number of ether oxygens (including phenoxy) is 2. The van der Waals surface area contributed by atoms with E-state index in [1.54, 1.807) is 0 Å². The summed E-state index contributed by atoms with van der Waals surface area (Å²) in [5.74, 6) is 0. The first-order valence-electron chi connectivity index (χ1n) is 10.5. The molecule has 0 unspecified atom stereocenters. The van der Waals surface area contributed by atoms with Crippen molar-refractivity contribution in [1.29, 1.82) is 0 Å². The standard InChI is InChI=1S/2C10H13FN2O4/c2*1-5-3-13(10(16)12-8(5)15)9-7(11)2-6(4-14)17-9/h2*3,6-7,9,14H,2,4H2,1H3,(H,12,15,16)/t2*6-,7+,9+/m00/s1. The summed E-state index contributed by atoms with van der Waals surface area (Å²) in [6.07, 6.45) is -3.58. The molecular formula is C20H26F2N4O8. The van der Waals surface area contributed by atoms with E-state index in [1.165, 1.54) is 26.2 Å². The van der Waals surface area contributed by atoms with E-state index in [9.17, 15) is 28.0 Å². The number of nitrogens with zero attached hydrogens (tertiary/aromatic N) is 2. The molecular weight excluding hydrogens is 462 g/mol. The second kappa shape index (κ2) is 10.5. The lowest BCUT2D eigenvalue weighted by Gasteiger charge is -2.16. The minimum Gasteiger partial charge on any atom is -0.394 e. The number of halogens is 2. The summed E-state index contributed by atoms with van der Waals surface area (Å²) in [7, 11) is 0. The molecule has 34 heavy (non-hydrogen) atoms. The molecule has 0 aliphatic carbocycles. The molecule has 0 amide bonds. The van der Waals surface area contributed by atoms with Gasteiger partial charge in [-0.1, -0.05) is 0 Å². The Hall–Kier alpha value is -2.94. The van der Waals surface area contributed by atoms with Gasteiger partial charge in [-0.25, -0.2) is 18.4 Å². The predicted molar refractivity (Wildman–Crippen MR) is 113 cm³/mol. The summed E-state index contributed by atoms with van der Waals surface area (Å²) in [6, 6.07) is 0. The van der Waals surface area contributed by atoms with Crippen LogP contribution in [0.5, 0.6) is 0 Å². The van der Waals surface area contributed by atoms with Gasteiger partial charge in [-0.05, 0) is 13.8 Å². The zero-order valence-electron chi connectivity index (χ0n) is 18.4. The Morgan fingerprint density at radius 1 is 0.824 bits per heavy atom. The van der Waals surface area contributed by atoms with Crippen LogP contribution in [0.4, 0.5) is 8.78 Å². The van der Waals surface area contributed by atoms with E-state index in [2.05, 4.69) is 9.97 Å². The van der Waals surface area contributed by atoms with Crippen molar-refractivity contribution in [2.24, 2.45) is 0 Å². The Balaban J connectivity index is 0.000000191. The fraction of sp³-hybridized carbons (Fsp3) is 0.600. The van der Waals surface area contributed by atoms with E-state index in [1.807, 2.05) is 0 Å². The van der Waals surface area contributed by atoms with Crippen LogP contribution >= 0.6 is 0 Å². The number of aryl methyl sites for hydroxylation is 2. The Labute approximate surface area is 190 Å². The van der Waals surface area contributed by atoms with Gasteiger partial charge in [0, 0.05) is 36.4 Å². The number of aromatic amines is 2. The number of H-pyrrole nitrogens is 2. The van der Waals surface area contributed by atoms with Gasteiger partial charge in [0.2, 0.25) is 0 Å². The zero-order valence-corrected chi connectivity index (χ0v) is 18.4. The van der Waals surface area contributed by atoms with Crippen molar-refractivity contribution in [3.63, 3.8) is 0 Å². The van der Waals surface area contributed by atoms with Gasteiger partial charge in [-0.2, -0.15) is 0 Å². The van der Waals surface area contributed by atoms with Crippen molar-refractivity contribution in [2.75, 3.05) is 13.2 Å². The van der Waals surface area contributed by atoms with Gasteiger partial charge in [-0.15, -0.1) is 0 Å². The number of hydrogen-bond donors (Lipinski definition) is 4. The van der Waals surface area contributed by atoms with Gasteiger partial charge in [0.1, 0.15) is 12.3 Å². The van der Waals surface area contributed by atoms with E-state index in [0.717, 1.165) is 9.13 Å². The van der Waals surface area contributed by atoms with Crippen LogP contribution in [-0.4, -0.2) is 67.1 Å². The summed E-state index contributed by atoms with van der Waals surface area (Å²) in [5, 5.41) is 17.8. The first kappa shape index (κ1) is 25.7. The first-order valence-corrected chi connectivity index (χ1v) is 10.5. The van der Waals surface area contributed by atoms with E-state index in [4.69, 9.17) is 19.7 Å². The molecule has 4 heterocycles.